The highest BCUT2D eigenvalue weighted by Crippen LogP contribution is 2.40. The predicted molar refractivity (Wildman–Crippen MR) is 51.9 cm³/mol. The molecule has 2 nitrogen and oxygen atoms in total. The van der Waals surface area contributed by atoms with Gasteiger partial charge in [0.2, 0.25) is 0 Å². The number of hydrogen-bond donors (Lipinski definition) is 2. The number of halogens is 4. The van der Waals surface area contributed by atoms with E-state index in [-0.39, 0.29) is 0 Å². The third-order valence-corrected chi connectivity index (χ3v) is 2.53. The highest BCUT2D eigenvalue weighted by Gasteiger charge is 2.41. The van der Waals surface area contributed by atoms with Crippen LogP contribution in [0.4, 0.5) is 0 Å². The standard InChI is InChI=1S/C6H10Cl4O2/c1-2-3(11)4(5(7)12)6(8,9)10/h3-5,11-12H,2H2,1H3. The summed E-state index contributed by atoms with van der Waals surface area (Å²) in [6, 6.07) is 0. The SMILES string of the molecule is CCC(O)C(C(O)Cl)C(Cl)(Cl)Cl. The van der Waals surface area contributed by atoms with Crippen molar-refractivity contribution in [3.63, 3.8) is 0 Å². The average Bonchev–Trinajstić information content (AvgIpc) is 1.83. The highest BCUT2D eigenvalue weighted by atomic mass is 35.6. The van der Waals surface area contributed by atoms with Crippen LogP contribution in [0.25, 0.3) is 0 Å². The molecule has 0 radical (unpaired) electrons. The molecule has 6 heteroatoms. The lowest BCUT2D eigenvalue weighted by molar-refractivity contribution is 0.0493. The van der Waals surface area contributed by atoms with Gasteiger partial charge in [-0.2, -0.15) is 0 Å². The number of hydrogen-bond acceptors (Lipinski definition) is 2. The van der Waals surface area contributed by atoms with Gasteiger partial charge in [0.1, 0.15) is 5.56 Å². The molecule has 12 heavy (non-hydrogen) atoms. The van der Waals surface area contributed by atoms with Crippen molar-refractivity contribution in [1.82, 2.24) is 0 Å². The van der Waals surface area contributed by atoms with Gasteiger partial charge in [0.25, 0.3) is 0 Å². The van der Waals surface area contributed by atoms with E-state index in [2.05, 4.69) is 0 Å². The minimum absolute atomic E-state index is 0.363. The Labute approximate surface area is 91.4 Å². The molecule has 0 aliphatic carbocycles. The van der Waals surface area contributed by atoms with Crippen LogP contribution in [0.3, 0.4) is 0 Å². The van der Waals surface area contributed by atoms with Crippen LogP contribution in [0.2, 0.25) is 0 Å². The number of aliphatic hydroxyl groups excluding tert-OH is 2. The van der Waals surface area contributed by atoms with Crippen LogP contribution in [0.1, 0.15) is 13.3 Å². The van der Waals surface area contributed by atoms with Gasteiger partial charge < -0.3 is 10.2 Å². The Kier molecular flexibility index (Phi) is 5.54. The molecule has 0 saturated carbocycles. The minimum Gasteiger partial charge on any atom is -0.393 e. The van der Waals surface area contributed by atoms with Gasteiger partial charge in [0.05, 0.1) is 12.0 Å². The topological polar surface area (TPSA) is 40.5 Å². The zero-order valence-corrected chi connectivity index (χ0v) is 9.37. The lowest BCUT2D eigenvalue weighted by Gasteiger charge is -2.29. The van der Waals surface area contributed by atoms with Crippen molar-refractivity contribution in [2.24, 2.45) is 5.92 Å². The van der Waals surface area contributed by atoms with Gasteiger partial charge in [-0.1, -0.05) is 53.3 Å². The number of alkyl halides is 4. The van der Waals surface area contributed by atoms with E-state index in [1.54, 1.807) is 6.92 Å². The fraction of sp³-hybridized carbons (Fsp3) is 1.00. The van der Waals surface area contributed by atoms with Crippen LogP contribution in [-0.4, -0.2) is 25.7 Å². The van der Waals surface area contributed by atoms with Gasteiger partial charge in [-0.25, -0.2) is 0 Å². The van der Waals surface area contributed by atoms with E-state index >= 15 is 0 Å². The zero-order valence-electron chi connectivity index (χ0n) is 6.35. The van der Waals surface area contributed by atoms with Crippen molar-refractivity contribution in [3.8, 4) is 0 Å². The molecular weight excluding hydrogens is 246 g/mol. The summed E-state index contributed by atoms with van der Waals surface area (Å²) in [4.78, 5) is 0. The summed E-state index contributed by atoms with van der Waals surface area (Å²) in [6.45, 7) is 1.70. The summed E-state index contributed by atoms with van der Waals surface area (Å²) in [7, 11) is 0. The first-order valence-electron chi connectivity index (χ1n) is 3.37. The van der Waals surface area contributed by atoms with Crippen LogP contribution in [0, 0.1) is 5.92 Å². The fourth-order valence-corrected chi connectivity index (χ4v) is 2.16. The average molecular weight is 256 g/mol. The molecule has 3 atom stereocenters. The number of aliphatic hydroxyl groups is 2. The fourth-order valence-electron chi connectivity index (χ4n) is 0.811. The molecule has 0 aromatic heterocycles. The van der Waals surface area contributed by atoms with E-state index in [1.165, 1.54) is 0 Å². The lowest BCUT2D eigenvalue weighted by Crippen LogP contribution is -2.38. The van der Waals surface area contributed by atoms with Crippen LogP contribution >= 0.6 is 46.4 Å². The Morgan fingerprint density at radius 2 is 1.67 bits per heavy atom. The van der Waals surface area contributed by atoms with Crippen LogP contribution in [0.5, 0.6) is 0 Å². The molecule has 0 aliphatic heterocycles. The molecule has 0 fully saturated rings. The first-order valence-corrected chi connectivity index (χ1v) is 4.94. The van der Waals surface area contributed by atoms with Crippen molar-refractivity contribution in [2.45, 2.75) is 28.8 Å². The molecule has 2 N–H and O–H groups in total. The van der Waals surface area contributed by atoms with Gasteiger partial charge in [-0.3, -0.25) is 0 Å². The molecule has 0 aromatic rings. The normalized spacial score (nSPS) is 20.2. The Bertz CT molecular complexity index is 134. The summed E-state index contributed by atoms with van der Waals surface area (Å²) in [6.07, 6.45) is -0.562. The largest absolute Gasteiger partial charge is 0.393 e. The second-order valence-electron chi connectivity index (χ2n) is 2.42. The quantitative estimate of drug-likeness (QED) is 0.760. The second kappa shape index (κ2) is 5.08. The summed E-state index contributed by atoms with van der Waals surface area (Å²) < 4.78 is -1.75. The zero-order chi connectivity index (χ0) is 9.94. The predicted octanol–water partition coefficient (Wildman–Crippen LogP) is 2.30. The van der Waals surface area contributed by atoms with Crippen molar-refractivity contribution in [3.05, 3.63) is 0 Å². The van der Waals surface area contributed by atoms with E-state index < -0.39 is 21.4 Å². The molecule has 0 spiro atoms. The first kappa shape index (κ1) is 13.1. The highest BCUT2D eigenvalue weighted by molar-refractivity contribution is 6.68. The molecule has 0 aromatic carbocycles. The molecule has 0 rings (SSSR count). The Hall–Kier alpha value is 1.08. The van der Waals surface area contributed by atoms with E-state index in [0.29, 0.717) is 6.42 Å². The maximum atomic E-state index is 9.33. The molecule has 0 amide bonds. The van der Waals surface area contributed by atoms with Crippen LogP contribution in [-0.2, 0) is 0 Å². The molecule has 0 bridgehead atoms. The third kappa shape index (κ3) is 3.86. The van der Waals surface area contributed by atoms with E-state index in [1.807, 2.05) is 0 Å². The van der Waals surface area contributed by atoms with Gasteiger partial charge in [0, 0.05) is 0 Å². The Morgan fingerprint density at radius 3 is 1.75 bits per heavy atom. The van der Waals surface area contributed by atoms with E-state index in [9.17, 15) is 5.11 Å². The molecule has 74 valence electrons. The van der Waals surface area contributed by atoms with Gasteiger partial charge >= 0.3 is 0 Å². The maximum absolute atomic E-state index is 9.33. The number of rotatable bonds is 3. The summed E-state index contributed by atoms with van der Waals surface area (Å²) in [5, 5.41) is 18.3. The summed E-state index contributed by atoms with van der Waals surface area (Å²) in [5.74, 6) is -0.978. The van der Waals surface area contributed by atoms with Crippen molar-refractivity contribution in [2.75, 3.05) is 0 Å². The molecule has 3 unspecified atom stereocenters. The molecule has 0 saturated heterocycles. The summed E-state index contributed by atoms with van der Waals surface area (Å²) >= 11 is 21.8. The smallest absolute Gasteiger partial charge is 0.199 e. The first-order chi connectivity index (χ1) is 5.30. The van der Waals surface area contributed by atoms with Crippen LogP contribution < -0.4 is 0 Å². The van der Waals surface area contributed by atoms with E-state index in [0.717, 1.165) is 0 Å². The maximum Gasteiger partial charge on any atom is 0.199 e. The second-order valence-corrected chi connectivity index (χ2v) is 5.23. The minimum atomic E-state index is -1.75. The molecule has 0 heterocycles. The van der Waals surface area contributed by atoms with E-state index in [4.69, 9.17) is 51.5 Å². The van der Waals surface area contributed by atoms with Crippen molar-refractivity contribution >= 4 is 46.4 Å². The van der Waals surface area contributed by atoms with Crippen molar-refractivity contribution < 1.29 is 10.2 Å². The Morgan fingerprint density at radius 1 is 1.25 bits per heavy atom. The van der Waals surface area contributed by atoms with Crippen LogP contribution in [0.15, 0.2) is 0 Å². The molecular formula is C6H10Cl4O2. The van der Waals surface area contributed by atoms with Gasteiger partial charge in [-0.15, -0.1) is 0 Å². The third-order valence-electron chi connectivity index (χ3n) is 1.51. The van der Waals surface area contributed by atoms with Crippen molar-refractivity contribution in [1.29, 1.82) is 0 Å². The monoisotopic (exact) mass is 254 g/mol. The van der Waals surface area contributed by atoms with Gasteiger partial charge in [0.15, 0.2) is 3.79 Å². The Balaban J connectivity index is 4.44. The van der Waals surface area contributed by atoms with Gasteiger partial charge in [-0.05, 0) is 6.42 Å². The lowest BCUT2D eigenvalue weighted by atomic mass is 10.0. The summed E-state index contributed by atoms with van der Waals surface area (Å²) in [5.41, 5.74) is -1.37. The molecule has 0 aliphatic rings.